The number of nitrogens with one attached hydrogen (secondary N) is 1. The fourth-order valence-corrected chi connectivity index (χ4v) is 3.82. The van der Waals surface area contributed by atoms with Crippen molar-refractivity contribution in [1.82, 2.24) is 10.2 Å². The van der Waals surface area contributed by atoms with Crippen LogP contribution in [0.2, 0.25) is 0 Å². The Bertz CT molecular complexity index is 427. The SMILES string of the molecule is CC1(C)CCC(CN2CC(=O)NC3(CCCC3)C2=O)O1. The van der Waals surface area contributed by atoms with Crippen molar-refractivity contribution in [2.45, 2.75) is 69.6 Å². The van der Waals surface area contributed by atoms with Crippen LogP contribution in [-0.4, -0.2) is 47.0 Å². The van der Waals surface area contributed by atoms with E-state index >= 15 is 0 Å². The van der Waals surface area contributed by atoms with E-state index in [1.807, 2.05) is 0 Å². The summed E-state index contributed by atoms with van der Waals surface area (Å²) >= 11 is 0. The second kappa shape index (κ2) is 4.72. The van der Waals surface area contributed by atoms with Gasteiger partial charge in [-0.2, -0.15) is 0 Å². The van der Waals surface area contributed by atoms with Gasteiger partial charge in [-0.15, -0.1) is 0 Å². The molecular formula is C15H24N2O3. The number of hydrogen-bond donors (Lipinski definition) is 1. The molecule has 5 heteroatoms. The molecular weight excluding hydrogens is 256 g/mol. The summed E-state index contributed by atoms with van der Waals surface area (Å²) in [7, 11) is 0. The Labute approximate surface area is 120 Å². The molecule has 0 aromatic rings. The topological polar surface area (TPSA) is 58.6 Å². The minimum atomic E-state index is -0.608. The Morgan fingerprint density at radius 2 is 1.95 bits per heavy atom. The maximum absolute atomic E-state index is 12.7. The molecule has 0 radical (unpaired) electrons. The molecule has 0 aromatic carbocycles. The first-order chi connectivity index (χ1) is 9.40. The van der Waals surface area contributed by atoms with E-state index in [1.54, 1.807) is 4.90 Å². The van der Waals surface area contributed by atoms with E-state index in [0.717, 1.165) is 38.5 Å². The highest BCUT2D eigenvalue weighted by Crippen LogP contribution is 2.35. The van der Waals surface area contributed by atoms with E-state index in [9.17, 15) is 9.59 Å². The summed E-state index contributed by atoms with van der Waals surface area (Å²) in [5, 5.41) is 2.94. The number of amides is 2. The lowest BCUT2D eigenvalue weighted by Gasteiger charge is -2.40. The Kier molecular flexibility index (Phi) is 3.27. The number of carbonyl (C=O) groups excluding carboxylic acids is 2. The summed E-state index contributed by atoms with van der Waals surface area (Å²) in [6.45, 7) is 4.89. The van der Waals surface area contributed by atoms with E-state index < -0.39 is 5.54 Å². The second-order valence-electron chi connectivity index (χ2n) is 7.06. The molecule has 5 nitrogen and oxygen atoms in total. The fourth-order valence-electron chi connectivity index (χ4n) is 3.82. The predicted octanol–water partition coefficient (Wildman–Crippen LogP) is 1.22. The number of nitrogens with zero attached hydrogens (tertiary/aromatic N) is 1. The molecule has 3 rings (SSSR count). The summed E-state index contributed by atoms with van der Waals surface area (Å²) in [6, 6.07) is 0. The van der Waals surface area contributed by atoms with Gasteiger partial charge in [0.05, 0.1) is 18.2 Å². The number of carbonyl (C=O) groups is 2. The molecule has 112 valence electrons. The molecule has 20 heavy (non-hydrogen) atoms. The van der Waals surface area contributed by atoms with Gasteiger partial charge in [-0.1, -0.05) is 12.8 Å². The smallest absolute Gasteiger partial charge is 0.248 e. The average molecular weight is 280 g/mol. The lowest BCUT2D eigenvalue weighted by atomic mass is 9.93. The summed E-state index contributed by atoms with van der Waals surface area (Å²) in [6.07, 6.45) is 5.65. The zero-order valence-electron chi connectivity index (χ0n) is 12.4. The third-order valence-electron chi connectivity index (χ3n) is 4.84. The molecule has 1 atom stereocenters. The van der Waals surface area contributed by atoms with Crippen molar-refractivity contribution >= 4 is 11.8 Å². The van der Waals surface area contributed by atoms with Crippen molar-refractivity contribution in [3.05, 3.63) is 0 Å². The van der Waals surface area contributed by atoms with Crippen LogP contribution in [0.5, 0.6) is 0 Å². The van der Waals surface area contributed by atoms with Gasteiger partial charge in [0.1, 0.15) is 5.54 Å². The number of piperazine rings is 1. The molecule has 1 unspecified atom stereocenters. The summed E-state index contributed by atoms with van der Waals surface area (Å²) in [4.78, 5) is 26.4. The van der Waals surface area contributed by atoms with Gasteiger partial charge in [-0.25, -0.2) is 0 Å². The standard InChI is InChI=1S/C15H24N2O3/c1-14(2)8-5-11(20-14)9-17-10-12(18)16-15(13(17)19)6-3-4-7-15/h11H,3-10H2,1-2H3,(H,16,18). The van der Waals surface area contributed by atoms with E-state index in [2.05, 4.69) is 19.2 Å². The van der Waals surface area contributed by atoms with Crippen LogP contribution < -0.4 is 5.32 Å². The number of ether oxygens (including phenoxy) is 1. The lowest BCUT2D eigenvalue weighted by Crippen LogP contribution is -2.66. The van der Waals surface area contributed by atoms with Crippen molar-refractivity contribution in [3.8, 4) is 0 Å². The second-order valence-corrected chi connectivity index (χ2v) is 7.06. The third kappa shape index (κ3) is 2.43. The minimum Gasteiger partial charge on any atom is -0.371 e. The van der Waals surface area contributed by atoms with Gasteiger partial charge in [0.15, 0.2) is 0 Å². The van der Waals surface area contributed by atoms with Gasteiger partial charge < -0.3 is 15.0 Å². The highest BCUT2D eigenvalue weighted by Gasteiger charge is 2.49. The molecule has 1 spiro atoms. The first-order valence-electron chi connectivity index (χ1n) is 7.68. The molecule has 1 N–H and O–H groups in total. The molecule has 2 heterocycles. The van der Waals surface area contributed by atoms with E-state index in [-0.39, 0.29) is 30.1 Å². The molecule has 0 bridgehead atoms. The summed E-state index contributed by atoms with van der Waals surface area (Å²) in [5.41, 5.74) is -0.708. The highest BCUT2D eigenvalue weighted by molar-refractivity contribution is 5.98. The van der Waals surface area contributed by atoms with Gasteiger partial charge in [-0.3, -0.25) is 9.59 Å². The molecule has 1 saturated carbocycles. The van der Waals surface area contributed by atoms with Crippen LogP contribution in [0.4, 0.5) is 0 Å². The van der Waals surface area contributed by atoms with Crippen LogP contribution in [0.3, 0.4) is 0 Å². The van der Waals surface area contributed by atoms with Gasteiger partial charge in [0, 0.05) is 6.54 Å². The summed E-state index contributed by atoms with van der Waals surface area (Å²) in [5.74, 6) is 0.0756. The van der Waals surface area contributed by atoms with Crippen LogP contribution in [0, 0.1) is 0 Å². The molecule has 2 amide bonds. The maximum Gasteiger partial charge on any atom is 0.248 e. The number of hydrogen-bond acceptors (Lipinski definition) is 3. The Morgan fingerprint density at radius 1 is 1.25 bits per heavy atom. The molecule has 2 saturated heterocycles. The zero-order chi connectivity index (χ0) is 14.4. The molecule has 2 aliphatic heterocycles. The van der Waals surface area contributed by atoms with E-state index in [1.165, 1.54) is 0 Å². The Balaban J connectivity index is 1.69. The van der Waals surface area contributed by atoms with Crippen molar-refractivity contribution in [2.24, 2.45) is 0 Å². The van der Waals surface area contributed by atoms with Crippen molar-refractivity contribution < 1.29 is 14.3 Å². The minimum absolute atomic E-state index is 0.0243. The van der Waals surface area contributed by atoms with Crippen molar-refractivity contribution in [1.29, 1.82) is 0 Å². The largest absolute Gasteiger partial charge is 0.371 e. The normalized spacial score (nSPS) is 31.9. The molecule has 1 aliphatic carbocycles. The summed E-state index contributed by atoms with van der Waals surface area (Å²) < 4.78 is 5.96. The quantitative estimate of drug-likeness (QED) is 0.827. The third-order valence-corrected chi connectivity index (χ3v) is 4.84. The molecule has 0 aromatic heterocycles. The van der Waals surface area contributed by atoms with E-state index in [4.69, 9.17) is 4.74 Å². The highest BCUT2D eigenvalue weighted by atomic mass is 16.5. The van der Waals surface area contributed by atoms with E-state index in [0.29, 0.717) is 6.54 Å². The van der Waals surface area contributed by atoms with Crippen LogP contribution in [-0.2, 0) is 14.3 Å². The first-order valence-corrected chi connectivity index (χ1v) is 7.68. The average Bonchev–Trinajstić information content (AvgIpc) is 2.94. The van der Waals surface area contributed by atoms with Crippen LogP contribution >= 0.6 is 0 Å². The fraction of sp³-hybridized carbons (Fsp3) is 0.867. The van der Waals surface area contributed by atoms with Crippen LogP contribution in [0.1, 0.15) is 52.4 Å². The van der Waals surface area contributed by atoms with Crippen LogP contribution in [0.25, 0.3) is 0 Å². The van der Waals surface area contributed by atoms with Crippen molar-refractivity contribution in [3.63, 3.8) is 0 Å². The molecule has 3 aliphatic rings. The van der Waals surface area contributed by atoms with Gasteiger partial charge >= 0.3 is 0 Å². The molecule has 3 fully saturated rings. The van der Waals surface area contributed by atoms with Crippen LogP contribution in [0.15, 0.2) is 0 Å². The van der Waals surface area contributed by atoms with Gasteiger partial charge in [0.25, 0.3) is 0 Å². The Hall–Kier alpha value is -1.10. The van der Waals surface area contributed by atoms with Crippen molar-refractivity contribution in [2.75, 3.05) is 13.1 Å². The maximum atomic E-state index is 12.7. The predicted molar refractivity (Wildman–Crippen MR) is 74.1 cm³/mol. The first kappa shape index (κ1) is 13.9. The monoisotopic (exact) mass is 280 g/mol. The van der Waals surface area contributed by atoms with Gasteiger partial charge in [0.2, 0.25) is 11.8 Å². The zero-order valence-corrected chi connectivity index (χ0v) is 12.4. The Morgan fingerprint density at radius 3 is 2.55 bits per heavy atom. The number of rotatable bonds is 2. The van der Waals surface area contributed by atoms with Gasteiger partial charge in [-0.05, 0) is 39.5 Å². The lowest BCUT2D eigenvalue weighted by molar-refractivity contribution is -0.152.